The number of hydrogen-bond donors (Lipinski definition) is 0. The van der Waals surface area contributed by atoms with Crippen molar-refractivity contribution in [3.8, 4) is 0 Å². The van der Waals surface area contributed by atoms with E-state index in [4.69, 9.17) is 9.57 Å². The number of carbonyl (C=O) groups is 1. The molecule has 0 radical (unpaired) electrons. The van der Waals surface area contributed by atoms with Gasteiger partial charge in [-0.3, -0.25) is 14.5 Å². The maximum atomic E-state index is 12.4. The molecule has 1 saturated heterocycles. The van der Waals surface area contributed by atoms with E-state index in [-0.39, 0.29) is 5.91 Å². The van der Waals surface area contributed by atoms with Gasteiger partial charge in [0.1, 0.15) is 6.61 Å². The minimum atomic E-state index is -0.428. The fourth-order valence-corrected chi connectivity index (χ4v) is 3.92. The summed E-state index contributed by atoms with van der Waals surface area (Å²) in [5.41, 5.74) is 1.93. The smallest absolute Gasteiger partial charge is 0.243 e. The van der Waals surface area contributed by atoms with Crippen molar-refractivity contribution in [1.29, 1.82) is 0 Å². The molecular weight excluding hydrogens is 352 g/mol. The molecule has 3 rings (SSSR count). The number of piperidine rings is 1. The maximum Gasteiger partial charge on any atom is 0.243 e. The first-order chi connectivity index (χ1) is 13.6. The van der Waals surface area contributed by atoms with Crippen molar-refractivity contribution in [1.82, 2.24) is 9.96 Å². The molecule has 1 aliphatic rings. The zero-order chi connectivity index (χ0) is 19.8. The number of amides is 1. The third-order valence-corrected chi connectivity index (χ3v) is 5.37. The summed E-state index contributed by atoms with van der Waals surface area (Å²) in [6, 6.07) is 20.4. The summed E-state index contributed by atoms with van der Waals surface area (Å²) in [4.78, 5) is 20.9. The van der Waals surface area contributed by atoms with Crippen molar-refractivity contribution in [2.75, 3.05) is 26.8 Å². The van der Waals surface area contributed by atoms with Crippen LogP contribution in [0.5, 0.6) is 0 Å². The number of rotatable bonds is 8. The second-order valence-corrected chi connectivity index (χ2v) is 7.49. The molecule has 1 heterocycles. The van der Waals surface area contributed by atoms with Crippen molar-refractivity contribution < 1.29 is 14.4 Å². The molecule has 0 atom stereocenters. The molecule has 0 aromatic heterocycles. The van der Waals surface area contributed by atoms with Crippen LogP contribution >= 0.6 is 0 Å². The molecule has 0 N–H and O–H groups in total. The van der Waals surface area contributed by atoms with Gasteiger partial charge in [-0.1, -0.05) is 60.7 Å². The molecule has 1 aliphatic heterocycles. The van der Waals surface area contributed by atoms with Crippen molar-refractivity contribution >= 4 is 5.91 Å². The minimum absolute atomic E-state index is 0.0792. The topological polar surface area (TPSA) is 42.0 Å². The number of carbonyl (C=O) groups excluding carboxylic acids is 1. The molecule has 150 valence electrons. The van der Waals surface area contributed by atoms with Gasteiger partial charge in [0.15, 0.2) is 0 Å². The first-order valence-corrected chi connectivity index (χ1v) is 9.86. The van der Waals surface area contributed by atoms with E-state index in [9.17, 15) is 4.79 Å². The number of hydroxylamine groups is 2. The summed E-state index contributed by atoms with van der Waals surface area (Å²) in [6.45, 7) is 5.14. The number of methoxy groups -OCH3 is 1. The Labute approximate surface area is 167 Å². The van der Waals surface area contributed by atoms with Crippen LogP contribution in [0.4, 0.5) is 0 Å². The Morgan fingerprint density at radius 3 is 2.11 bits per heavy atom. The summed E-state index contributed by atoms with van der Waals surface area (Å²) >= 11 is 0. The quantitative estimate of drug-likeness (QED) is 0.654. The largest absolute Gasteiger partial charge is 0.382 e. The normalized spacial score (nSPS) is 16.6. The summed E-state index contributed by atoms with van der Waals surface area (Å²) in [6.07, 6.45) is 1.64. The molecule has 0 aliphatic carbocycles. The van der Waals surface area contributed by atoms with Gasteiger partial charge in [0.25, 0.3) is 0 Å². The highest BCUT2D eigenvalue weighted by Crippen LogP contribution is 2.31. The monoisotopic (exact) mass is 382 g/mol. The number of ether oxygens (including phenoxy) is 1. The molecule has 5 heteroatoms. The van der Waals surface area contributed by atoms with Crippen molar-refractivity contribution in [3.63, 3.8) is 0 Å². The first kappa shape index (κ1) is 20.5. The van der Waals surface area contributed by atoms with Gasteiger partial charge in [0, 0.05) is 33.7 Å². The first-order valence-electron chi connectivity index (χ1n) is 9.86. The summed E-state index contributed by atoms with van der Waals surface area (Å²) in [5.74, 6) is -0.0792. The highest BCUT2D eigenvalue weighted by Gasteiger charge is 2.42. The van der Waals surface area contributed by atoms with E-state index in [1.807, 2.05) is 36.4 Å². The minimum Gasteiger partial charge on any atom is -0.382 e. The van der Waals surface area contributed by atoms with Crippen LogP contribution in [-0.4, -0.2) is 48.2 Å². The highest BCUT2D eigenvalue weighted by atomic mass is 16.7. The third kappa shape index (κ3) is 5.19. The fourth-order valence-electron chi connectivity index (χ4n) is 3.92. The van der Waals surface area contributed by atoms with Gasteiger partial charge < -0.3 is 4.74 Å². The molecule has 1 amide bonds. The number of hydrogen-bond acceptors (Lipinski definition) is 4. The Hall–Kier alpha value is -2.21. The van der Waals surface area contributed by atoms with Gasteiger partial charge in [-0.05, 0) is 24.0 Å². The average Bonchev–Trinajstić information content (AvgIpc) is 2.71. The van der Waals surface area contributed by atoms with Crippen LogP contribution in [0.3, 0.4) is 0 Å². The summed E-state index contributed by atoms with van der Waals surface area (Å²) in [7, 11) is 1.69. The predicted octanol–water partition coefficient (Wildman–Crippen LogP) is 3.65. The van der Waals surface area contributed by atoms with E-state index in [0.717, 1.165) is 38.0 Å². The van der Waals surface area contributed by atoms with Gasteiger partial charge in [-0.2, -0.15) is 0 Å². The Kier molecular flexibility index (Phi) is 7.20. The highest BCUT2D eigenvalue weighted by molar-refractivity contribution is 5.73. The molecular formula is C23H30N2O3. The molecule has 1 fully saturated rings. The Morgan fingerprint density at radius 1 is 1.00 bits per heavy atom. The van der Waals surface area contributed by atoms with E-state index in [1.165, 1.54) is 5.56 Å². The van der Waals surface area contributed by atoms with Gasteiger partial charge in [-0.25, -0.2) is 5.06 Å². The van der Waals surface area contributed by atoms with E-state index in [1.54, 1.807) is 19.1 Å². The predicted molar refractivity (Wildman–Crippen MR) is 109 cm³/mol. The standard InChI is InChI=1S/C23H30N2O3/c1-20(26)25(28-18-22-11-7-4-8-12-22)23(19-27-2)13-15-24(16-14-23)17-21-9-5-3-6-10-21/h3-12H,13-19H2,1-2H3. The lowest BCUT2D eigenvalue weighted by molar-refractivity contribution is -0.243. The van der Waals surface area contributed by atoms with Gasteiger partial charge in [0.05, 0.1) is 12.1 Å². The summed E-state index contributed by atoms with van der Waals surface area (Å²) < 4.78 is 5.53. The van der Waals surface area contributed by atoms with Crippen LogP contribution in [0.25, 0.3) is 0 Å². The van der Waals surface area contributed by atoms with Crippen molar-refractivity contribution in [3.05, 3.63) is 71.8 Å². The lowest BCUT2D eigenvalue weighted by Crippen LogP contribution is -2.59. The van der Waals surface area contributed by atoms with Crippen molar-refractivity contribution in [2.24, 2.45) is 0 Å². The van der Waals surface area contributed by atoms with E-state index in [2.05, 4.69) is 29.2 Å². The second kappa shape index (κ2) is 9.82. The fraction of sp³-hybridized carbons (Fsp3) is 0.435. The Morgan fingerprint density at radius 2 is 1.57 bits per heavy atom. The molecule has 2 aromatic carbocycles. The molecule has 0 bridgehead atoms. The Balaban J connectivity index is 1.66. The van der Waals surface area contributed by atoms with Gasteiger partial charge in [0.2, 0.25) is 5.91 Å². The molecule has 0 spiro atoms. The SMILES string of the molecule is COCC1(N(OCc2ccccc2)C(C)=O)CCN(Cc2ccccc2)CC1. The lowest BCUT2D eigenvalue weighted by Gasteiger charge is -2.47. The third-order valence-electron chi connectivity index (χ3n) is 5.37. The molecule has 5 nitrogen and oxygen atoms in total. The van der Waals surface area contributed by atoms with E-state index < -0.39 is 5.54 Å². The van der Waals surface area contributed by atoms with Gasteiger partial charge >= 0.3 is 0 Å². The van der Waals surface area contributed by atoms with Crippen LogP contribution in [0.2, 0.25) is 0 Å². The van der Waals surface area contributed by atoms with Crippen LogP contribution in [0.1, 0.15) is 30.9 Å². The molecule has 0 saturated carbocycles. The number of nitrogens with zero attached hydrogens (tertiary/aromatic N) is 2. The lowest BCUT2D eigenvalue weighted by atomic mass is 9.87. The van der Waals surface area contributed by atoms with Crippen LogP contribution in [0.15, 0.2) is 60.7 Å². The van der Waals surface area contributed by atoms with E-state index >= 15 is 0 Å². The van der Waals surface area contributed by atoms with Crippen LogP contribution in [-0.2, 0) is 27.5 Å². The molecule has 28 heavy (non-hydrogen) atoms. The second-order valence-electron chi connectivity index (χ2n) is 7.49. The summed E-state index contributed by atoms with van der Waals surface area (Å²) in [5, 5.41) is 1.57. The van der Waals surface area contributed by atoms with E-state index in [0.29, 0.717) is 13.2 Å². The zero-order valence-electron chi connectivity index (χ0n) is 16.8. The average molecular weight is 383 g/mol. The van der Waals surface area contributed by atoms with Gasteiger partial charge in [-0.15, -0.1) is 0 Å². The van der Waals surface area contributed by atoms with Crippen LogP contribution in [0, 0.1) is 0 Å². The molecule has 0 unspecified atom stereocenters. The molecule has 2 aromatic rings. The van der Waals surface area contributed by atoms with Crippen molar-refractivity contribution in [2.45, 2.75) is 38.5 Å². The van der Waals surface area contributed by atoms with Crippen LogP contribution < -0.4 is 0 Å². The maximum absolute atomic E-state index is 12.4. The number of benzene rings is 2. The zero-order valence-corrected chi connectivity index (χ0v) is 16.8. The Bertz CT molecular complexity index is 728. The number of likely N-dealkylation sites (tertiary alicyclic amines) is 1.